The Morgan fingerprint density at radius 2 is 2.11 bits per heavy atom. The molecule has 0 aliphatic rings. The van der Waals surface area contributed by atoms with Crippen LogP contribution in [0.3, 0.4) is 0 Å². The number of nitrogens with zero attached hydrogens (tertiary/aromatic N) is 1. The number of ether oxygens (including phenoxy) is 1. The van der Waals surface area contributed by atoms with Crippen molar-refractivity contribution in [2.45, 2.75) is 6.54 Å². The summed E-state index contributed by atoms with van der Waals surface area (Å²) in [6, 6.07) is 12.6. The summed E-state index contributed by atoms with van der Waals surface area (Å²) in [7, 11) is 1.70. The molecule has 2 aromatic heterocycles. The van der Waals surface area contributed by atoms with Gasteiger partial charge in [-0.15, -0.1) is 11.3 Å². The van der Waals surface area contributed by atoms with Gasteiger partial charge in [0, 0.05) is 22.0 Å². The Bertz CT molecular complexity index is 686. The largest absolute Gasteiger partial charge is 0.497 e. The number of rotatable bonds is 3. The molecule has 2 heterocycles. The highest BCUT2D eigenvalue weighted by molar-refractivity contribution is 9.11. The molecular formula is C14H12BrNOS. The van der Waals surface area contributed by atoms with Crippen molar-refractivity contribution in [3.8, 4) is 5.75 Å². The van der Waals surface area contributed by atoms with Crippen LogP contribution in [0.5, 0.6) is 5.75 Å². The first-order valence-corrected chi connectivity index (χ1v) is 7.24. The summed E-state index contributed by atoms with van der Waals surface area (Å²) in [5.74, 6) is 0.902. The van der Waals surface area contributed by atoms with Crippen LogP contribution >= 0.6 is 27.3 Å². The topological polar surface area (TPSA) is 14.2 Å². The van der Waals surface area contributed by atoms with Gasteiger partial charge in [0.2, 0.25) is 0 Å². The Labute approximate surface area is 118 Å². The highest BCUT2D eigenvalue weighted by Crippen LogP contribution is 2.26. The average Bonchev–Trinajstić information content (AvgIpc) is 2.96. The van der Waals surface area contributed by atoms with Crippen molar-refractivity contribution in [1.29, 1.82) is 0 Å². The molecule has 1 aromatic carbocycles. The molecule has 0 radical (unpaired) electrons. The molecule has 0 fully saturated rings. The molecule has 0 aliphatic heterocycles. The van der Waals surface area contributed by atoms with Gasteiger partial charge < -0.3 is 9.30 Å². The number of hydrogen-bond acceptors (Lipinski definition) is 2. The van der Waals surface area contributed by atoms with Crippen LogP contribution in [0.1, 0.15) is 4.88 Å². The zero-order valence-corrected chi connectivity index (χ0v) is 12.3. The number of halogens is 1. The molecule has 0 aliphatic carbocycles. The van der Waals surface area contributed by atoms with E-state index in [1.54, 1.807) is 18.4 Å². The predicted octanol–water partition coefficient (Wildman–Crippen LogP) is 4.52. The van der Waals surface area contributed by atoms with Gasteiger partial charge >= 0.3 is 0 Å². The van der Waals surface area contributed by atoms with Crippen molar-refractivity contribution in [1.82, 2.24) is 4.57 Å². The van der Waals surface area contributed by atoms with Gasteiger partial charge in [-0.25, -0.2) is 0 Å². The van der Waals surface area contributed by atoms with E-state index < -0.39 is 0 Å². The molecule has 18 heavy (non-hydrogen) atoms. The monoisotopic (exact) mass is 321 g/mol. The van der Waals surface area contributed by atoms with Crippen LogP contribution in [0.25, 0.3) is 10.9 Å². The fourth-order valence-electron chi connectivity index (χ4n) is 2.05. The molecule has 0 atom stereocenters. The van der Waals surface area contributed by atoms with Crippen LogP contribution in [-0.4, -0.2) is 11.7 Å². The Hall–Kier alpha value is -1.26. The second-order valence-electron chi connectivity index (χ2n) is 4.07. The first kappa shape index (κ1) is 11.8. The van der Waals surface area contributed by atoms with Crippen LogP contribution in [0, 0.1) is 0 Å². The van der Waals surface area contributed by atoms with Crippen molar-refractivity contribution in [3.05, 3.63) is 51.3 Å². The van der Waals surface area contributed by atoms with E-state index in [0.29, 0.717) is 0 Å². The van der Waals surface area contributed by atoms with Gasteiger partial charge in [0.1, 0.15) is 5.75 Å². The third-order valence-electron chi connectivity index (χ3n) is 2.93. The van der Waals surface area contributed by atoms with E-state index >= 15 is 0 Å². The molecule has 3 aromatic rings. The highest BCUT2D eigenvalue weighted by atomic mass is 79.9. The molecule has 0 saturated carbocycles. The van der Waals surface area contributed by atoms with Crippen molar-refractivity contribution in [2.24, 2.45) is 0 Å². The van der Waals surface area contributed by atoms with Gasteiger partial charge in [0.05, 0.1) is 17.4 Å². The zero-order valence-electron chi connectivity index (χ0n) is 9.89. The fourth-order valence-corrected chi connectivity index (χ4v) is 3.53. The Balaban J connectivity index is 1.97. The van der Waals surface area contributed by atoms with Crippen LogP contribution < -0.4 is 4.74 Å². The molecule has 0 N–H and O–H groups in total. The summed E-state index contributed by atoms with van der Waals surface area (Å²) in [6.45, 7) is 0.909. The van der Waals surface area contributed by atoms with E-state index in [1.165, 1.54) is 19.6 Å². The first-order valence-electron chi connectivity index (χ1n) is 5.63. The lowest BCUT2D eigenvalue weighted by atomic mass is 10.2. The van der Waals surface area contributed by atoms with Crippen molar-refractivity contribution >= 4 is 38.2 Å². The molecule has 92 valence electrons. The number of hydrogen-bond donors (Lipinski definition) is 0. The molecule has 0 spiro atoms. The number of thiophene rings is 1. The Morgan fingerprint density at radius 1 is 1.22 bits per heavy atom. The molecule has 0 bridgehead atoms. The van der Waals surface area contributed by atoms with E-state index in [2.05, 4.69) is 57.0 Å². The maximum atomic E-state index is 5.24. The molecule has 0 saturated heterocycles. The summed E-state index contributed by atoms with van der Waals surface area (Å²) in [5.41, 5.74) is 1.24. The van der Waals surface area contributed by atoms with E-state index in [-0.39, 0.29) is 0 Å². The molecule has 0 unspecified atom stereocenters. The van der Waals surface area contributed by atoms with Gasteiger partial charge in [0.15, 0.2) is 0 Å². The summed E-state index contributed by atoms with van der Waals surface area (Å²) in [4.78, 5) is 1.34. The standard InChI is InChI=1S/C14H12BrNOS/c1-17-11-2-4-13-10(8-11)6-7-16(13)9-12-3-5-14(15)18-12/h2-8H,9H2,1H3. The van der Waals surface area contributed by atoms with Gasteiger partial charge in [0.25, 0.3) is 0 Å². The summed E-state index contributed by atoms with van der Waals surface area (Å²) < 4.78 is 8.67. The normalized spacial score (nSPS) is 11.0. The van der Waals surface area contributed by atoms with E-state index in [4.69, 9.17) is 4.74 Å². The lowest BCUT2D eigenvalue weighted by Gasteiger charge is -2.04. The summed E-state index contributed by atoms with van der Waals surface area (Å²) in [6.07, 6.45) is 2.12. The molecular weight excluding hydrogens is 310 g/mol. The predicted molar refractivity (Wildman–Crippen MR) is 79.6 cm³/mol. The molecule has 0 amide bonds. The Kier molecular flexibility index (Phi) is 3.14. The van der Waals surface area contributed by atoms with Gasteiger partial charge in [-0.05, 0) is 52.3 Å². The average molecular weight is 322 g/mol. The van der Waals surface area contributed by atoms with Crippen LogP contribution in [0.15, 0.2) is 46.4 Å². The second-order valence-corrected chi connectivity index (χ2v) is 6.62. The Morgan fingerprint density at radius 3 is 2.83 bits per heavy atom. The minimum absolute atomic E-state index is 0.902. The van der Waals surface area contributed by atoms with Crippen LogP contribution in [0.2, 0.25) is 0 Å². The summed E-state index contributed by atoms with van der Waals surface area (Å²) in [5, 5.41) is 1.21. The SMILES string of the molecule is COc1ccc2c(ccn2Cc2ccc(Br)s2)c1. The van der Waals surface area contributed by atoms with Crippen molar-refractivity contribution < 1.29 is 4.74 Å². The molecule has 3 rings (SSSR count). The van der Waals surface area contributed by atoms with Crippen molar-refractivity contribution in [2.75, 3.05) is 7.11 Å². The fraction of sp³-hybridized carbons (Fsp3) is 0.143. The smallest absolute Gasteiger partial charge is 0.119 e. The maximum absolute atomic E-state index is 5.24. The van der Waals surface area contributed by atoms with E-state index in [1.807, 2.05) is 6.07 Å². The first-order chi connectivity index (χ1) is 8.76. The minimum atomic E-state index is 0.902. The number of aromatic nitrogens is 1. The van der Waals surface area contributed by atoms with Crippen LogP contribution in [0.4, 0.5) is 0 Å². The number of fused-ring (bicyclic) bond motifs is 1. The highest BCUT2D eigenvalue weighted by Gasteiger charge is 2.04. The quantitative estimate of drug-likeness (QED) is 0.691. The summed E-state index contributed by atoms with van der Waals surface area (Å²) >= 11 is 5.27. The lowest BCUT2D eigenvalue weighted by Crippen LogP contribution is -1.95. The number of methoxy groups -OCH3 is 1. The van der Waals surface area contributed by atoms with Crippen molar-refractivity contribution in [3.63, 3.8) is 0 Å². The zero-order chi connectivity index (χ0) is 12.5. The number of benzene rings is 1. The second kappa shape index (κ2) is 4.78. The van der Waals surface area contributed by atoms with Gasteiger partial charge in [-0.3, -0.25) is 0 Å². The lowest BCUT2D eigenvalue weighted by molar-refractivity contribution is 0.415. The maximum Gasteiger partial charge on any atom is 0.119 e. The molecule has 2 nitrogen and oxygen atoms in total. The van der Waals surface area contributed by atoms with E-state index in [9.17, 15) is 0 Å². The van der Waals surface area contributed by atoms with E-state index in [0.717, 1.165) is 12.3 Å². The third kappa shape index (κ3) is 2.18. The van der Waals surface area contributed by atoms with Crippen LogP contribution in [-0.2, 0) is 6.54 Å². The van der Waals surface area contributed by atoms with Gasteiger partial charge in [-0.2, -0.15) is 0 Å². The molecule has 4 heteroatoms. The van der Waals surface area contributed by atoms with Gasteiger partial charge in [-0.1, -0.05) is 0 Å². The third-order valence-corrected chi connectivity index (χ3v) is 4.54. The minimum Gasteiger partial charge on any atom is -0.497 e.